The molecular weight excluding hydrogens is 148 g/mol. The SMILES string of the molecule is CCCCCCS(=O)OC. The van der Waals surface area contributed by atoms with Gasteiger partial charge in [0.05, 0.1) is 7.11 Å². The third-order valence-corrected chi connectivity index (χ3v) is 2.34. The van der Waals surface area contributed by atoms with Crippen LogP contribution in [0.15, 0.2) is 0 Å². The summed E-state index contributed by atoms with van der Waals surface area (Å²) in [5.74, 6) is 0.691. The van der Waals surface area contributed by atoms with Gasteiger partial charge in [0.25, 0.3) is 0 Å². The first-order valence-electron chi connectivity index (χ1n) is 3.74. The van der Waals surface area contributed by atoms with E-state index in [0.29, 0.717) is 5.75 Å². The molecule has 0 bridgehead atoms. The molecule has 0 radical (unpaired) electrons. The highest BCUT2D eigenvalue weighted by atomic mass is 32.2. The minimum Gasteiger partial charge on any atom is -0.294 e. The molecule has 1 atom stereocenters. The van der Waals surface area contributed by atoms with Crippen LogP contribution in [0.5, 0.6) is 0 Å². The first-order valence-corrected chi connectivity index (χ1v) is 4.98. The van der Waals surface area contributed by atoms with E-state index in [2.05, 4.69) is 11.1 Å². The first-order chi connectivity index (χ1) is 4.81. The van der Waals surface area contributed by atoms with Crippen LogP contribution in [0, 0.1) is 0 Å². The van der Waals surface area contributed by atoms with E-state index >= 15 is 0 Å². The summed E-state index contributed by atoms with van der Waals surface area (Å²) in [7, 11) is 1.48. The molecule has 0 heterocycles. The molecule has 0 aliphatic rings. The molecule has 10 heavy (non-hydrogen) atoms. The Bertz CT molecular complexity index is 93.6. The maximum atomic E-state index is 10.7. The molecule has 62 valence electrons. The van der Waals surface area contributed by atoms with Gasteiger partial charge in [-0.05, 0) is 6.42 Å². The highest BCUT2D eigenvalue weighted by molar-refractivity contribution is 7.80. The molecule has 0 aromatic rings. The molecule has 0 N–H and O–H groups in total. The van der Waals surface area contributed by atoms with Gasteiger partial charge in [0.2, 0.25) is 0 Å². The van der Waals surface area contributed by atoms with E-state index < -0.39 is 11.1 Å². The van der Waals surface area contributed by atoms with Crippen molar-refractivity contribution in [1.29, 1.82) is 0 Å². The van der Waals surface area contributed by atoms with Crippen LogP contribution >= 0.6 is 0 Å². The van der Waals surface area contributed by atoms with E-state index in [1.165, 1.54) is 26.4 Å². The van der Waals surface area contributed by atoms with Crippen molar-refractivity contribution >= 4 is 11.1 Å². The van der Waals surface area contributed by atoms with E-state index in [0.717, 1.165) is 6.42 Å². The Morgan fingerprint density at radius 3 is 2.50 bits per heavy atom. The van der Waals surface area contributed by atoms with E-state index in [4.69, 9.17) is 0 Å². The van der Waals surface area contributed by atoms with Gasteiger partial charge in [0.15, 0.2) is 11.1 Å². The molecule has 0 spiro atoms. The fraction of sp³-hybridized carbons (Fsp3) is 1.00. The van der Waals surface area contributed by atoms with Crippen molar-refractivity contribution in [3.05, 3.63) is 0 Å². The molecule has 1 unspecified atom stereocenters. The molecule has 0 saturated carbocycles. The fourth-order valence-corrected chi connectivity index (χ4v) is 1.34. The van der Waals surface area contributed by atoms with Crippen molar-refractivity contribution in [2.75, 3.05) is 12.9 Å². The van der Waals surface area contributed by atoms with Gasteiger partial charge in [0, 0.05) is 5.75 Å². The van der Waals surface area contributed by atoms with Crippen molar-refractivity contribution in [2.45, 2.75) is 32.6 Å². The predicted octanol–water partition coefficient (Wildman–Crippen LogP) is 1.88. The lowest BCUT2D eigenvalue weighted by atomic mass is 10.2. The molecule has 2 nitrogen and oxygen atoms in total. The molecular formula is C7H16O2S. The van der Waals surface area contributed by atoms with Gasteiger partial charge in [0.1, 0.15) is 0 Å². The monoisotopic (exact) mass is 164 g/mol. The van der Waals surface area contributed by atoms with Crippen molar-refractivity contribution in [2.24, 2.45) is 0 Å². The third-order valence-electron chi connectivity index (χ3n) is 1.35. The van der Waals surface area contributed by atoms with Gasteiger partial charge in [-0.25, -0.2) is 4.21 Å². The summed E-state index contributed by atoms with van der Waals surface area (Å²) in [6.45, 7) is 2.16. The van der Waals surface area contributed by atoms with E-state index in [1.807, 2.05) is 0 Å². The maximum absolute atomic E-state index is 10.7. The number of hydrogen-bond donors (Lipinski definition) is 0. The number of rotatable bonds is 6. The van der Waals surface area contributed by atoms with Crippen LogP contribution in [0.1, 0.15) is 32.6 Å². The number of unbranched alkanes of at least 4 members (excludes halogenated alkanes) is 3. The van der Waals surface area contributed by atoms with Crippen molar-refractivity contribution in [3.8, 4) is 0 Å². The lowest BCUT2D eigenvalue weighted by molar-refractivity contribution is 0.444. The highest BCUT2D eigenvalue weighted by Gasteiger charge is 1.94. The van der Waals surface area contributed by atoms with Gasteiger partial charge in [-0.2, -0.15) is 0 Å². The van der Waals surface area contributed by atoms with Gasteiger partial charge in [-0.3, -0.25) is 4.18 Å². The second-order valence-electron chi connectivity index (χ2n) is 2.24. The normalized spacial score (nSPS) is 13.4. The molecule has 0 fully saturated rings. The van der Waals surface area contributed by atoms with E-state index in [9.17, 15) is 4.21 Å². The Morgan fingerprint density at radius 2 is 2.00 bits per heavy atom. The lowest BCUT2D eigenvalue weighted by Gasteiger charge is -1.97. The van der Waals surface area contributed by atoms with Crippen molar-refractivity contribution < 1.29 is 8.39 Å². The predicted molar refractivity (Wildman–Crippen MR) is 44.2 cm³/mol. The van der Waals surface area contributed by atoms with Gasteiger partial charge in [-0.15, -0.1) is 0 Å². The van der Waals surface area contributed by atoms with Crippen LogP contribution in [-0.2, 0) is 15.3 Å². The topological polar surface area (TPSA) is 26.3 Å². The first kappa shape index (κ1) is 10.1. The van der Waals surface area contributed by atoms with Crippen LogP contribution in [0.4, 0.5) is 0 Å². The average molecular weight is 164 g/mol. The van der Waals surface area contributed by atoms with Gasteiger partial charge >= 0.3 is 0 Å². The van der Waals surface area contributed by atoms with Crippen molar-refractivity contribution in [3.63, 3.8) is 0 Å². The van der Waals surface area contributed by atoms with Crippen LogP contribution in [0.25, 0.3) is 0 Å². The molecule has 0 aromatic carbocycles. The lowest BCUT2D eigenvalue weighted by Crippen LogP contribution is -1.98. The largest absolute Gasteiger partial charge is 0.294 e. The summed E-state index contributed by atoms with van der Waals surface area (Å²) in [5.41, 5.74) is 0. The summed E-state index contributed by atoms with van der Waals surface area (Å²) < 4.78 is 15.3. The zero-order valence-electron chi connectivity index (χ0n) is 6.76. The van der Waals surface area contributed by atoms with E-state index in [1.54, 1.807) is 0 Å². The van der Waals surface area contributed by atoms with Crippen LogP contribution in [0.2, 0.25) is 0 Å². The number of hydrogen-bond acceptors (Lipinski definition) is 2. The molecule has 3 heteroatoms. The van der Waals surface area contributed by atoms with Crippen LogP contribution in [-0.4, -0.2) is 17.1 Å². The molecule has 0 aliphatic carbocycles. The van der Waals surface area contributed by atoms with E-state index in [-0.39, 0.29) is 0 Å². The summed E-state index contributed by atoms with van der Waals surface area (Å²) in [5, 5.41) is 0. The van der Waals surface area contributed by atoms with Crippen molar-refractivity contribution in [1.82, 2.24) is 0 Å². The van der Waals surface area contributed by atoms with Gasteiger partial charge in [-0.1, -0.05) is 26.2 Å². The van der Waals surface area contributed by atoms with Crippen LogP contribution < -0.4 is 0 Å². The summed E-state index contributed by atoms with van der Waals surface area (Å²) in [6.07, 6.45) is 4.65. The molecule has 0 amide bonds. The highest BCUT2D eigenvalue weighted by Crippen LogP contribution is 1.99. The Morgan fingerprint density at radius 1 is 1.30 bits per heavy atom. The quantitative estimate of drug-likeness (QED) is 0.560. The second-order valence-corrected chi connectivity index (χ2v) is 3.58. The molecule has 0 rings (SSSR count). The smallest absolute Gasteiger partial charge is 0.155 e. The Kier molecular flexibility index (Phi) is 7.30. The molecule has 0 aliphatic heterocycles. The average Bonchev–Trinajstić information content (AvgIpc) is 1.98. The molecule has 0 aromatic heterocycles. The third kappa shape index (κ3) is 6.23. The Balaban J connectivity index is 2.96. The molecule has 0 saturated heterocycles. The zero-order chi connectivity index (χ0) is 7.82. The minimum absolute atomic E-state index is 0.691. The maximum Gasteiger partial charge on any atom is 0.155 e. The van der Waals surface area contributed by atoms with Gasteiger partial charge < -0.3 is 0 Å². The Hall–Kier alpha value is 0.110. The standard InChI is InChI=1S/C7H16O2S/c1-3-4-5-6-7-10(8)9-2/h3-7H2,1-2H3. The summed E-state index contributed by atoms with van der Waals surface area (Å²) in [6, 6.07) is 0. The Labute approximate surface area is 65.6 Å². The second kappa shape index (κ2) is 7.22. The fourth-order valence-electron chi connectivity index (χ4n) is 0.730. The summed E-state index contributed by atoms with van der Waals surface area (Å²) >= 11 is -1.03. The van der Waals surface area contributed by atoms with Crippen LogP contribution in [0.3, 0.4) is 0 Å². The zero-order valence-corrected chi connectivity index (χ0v) is 7.58. The summed E-state index contributed by atoms with van der Waals surface area (Å²) in [4.78, 5) is 0. The minimum atomic E-state index is -1.03.